The van der Waals surface area contributed by atoms with Crippen molar-refractivity contribution in [3.8, 4) is 5.75 Å². The molecule has 2 aliphatic rings. The molecule has 2 aliphatic heterocycles. The van der Waals surface area contributed by atoms with E-state index in [1.54, 1.807) is 12.1 Å². The van der Waals surface area contributed by atoms with Crippen molar-refractivity contribution < 1.29 is 17.9 Å². The highest BCUT2D eigenvalue weighted by Gasteiger charge is 2.37. The van der Waals surface area contributed by atoms with Gasteiger partial charge in [-0.05, 0) is 73.9 Å². The van der Waals surface area contributed by atoms with Crippen LogP contribution in [-0.2, 0) is 14.8 Å². The van der Waals surface area contributed by atoms with Crippen LogP contribution in [0.3, 0.4) is 0 Å². The highest BCUT2D eigenvalue weighted by Crippen LogP contribution is 2.36. The Morgan fingerprint density at radius 3 is 2.21 bits per heavy atom. The Morgan fingerprint density at radius 2 is 1.62 bits per heavy atom. The van der Waals surface area contributed by atoms with E-state index in [9.17, 15) is 13.2 Å². The number of sulfonamides is 1. The number of rotatable bonds is 7. The second kappa shape index (κ2) is 10.5. The van der Waals surface area contributed by atoms with Crippen LogP contribution in [0.2, 0.25) is 0 Å². The Hall–Kier alpha value is -2.38. The first-order valence-corrected chi connectivity index (χ1v) is 13.9. The minimum atomic E-state index is -3.54. The second-order valence-corrected chi connectivity index (χ2v) is 11.5. The Morgan fingerprint density at radius 1 is 0.971 bits per heavy atom. The van der Waals surface area contributed by atoms with E-state index in [1.807, 2.05) is 36.1 Å². The second-order valence-electron chi connectivity index (χ2n) is 9.59. The number of hydrogen-bond donors (Lipinski definition) is 0. The summed E-state index contributed by atoms with van der Waals surface area (Å²) in [5, 5.41) is 0. The third-order valence-electron chi connectivity index (χ3n) is 7.10. The van der Waals surface area contributed by atoms with E-state index in [0.717, 1.165) is 36.3 Å². The molecule has 1 atom stereocenters. The first-order valence-electron chi connectivity index (χ1n) is 12.4. The Bertz CT molecular complexity index is 1070. The number of amides is 1. The van der Waals surface area contributed by atoms with Crippen molar-refractivity contribution in [3.05, 3.63) is 59.7 Å². The van der Waals surface area contributed by atoms with Gasteiger partial charge in [-0.1, -0.05) is 38.1 Å². The van der Waals surface area contributed by atoms with Gasteiger partial charge < -0.3 is 9.64 Å². The van der Waals surface area contributed by atoms with Gasteiger partial charge in [-0.25, -0.2) is 8.42 Å². The number of benzene rings is 2. The number of hydrogen-bond acceptors (Lipinski definition) is 4. The van der Waals surface area contributed by atoms with Crippen molar-refractivity contribution in [3.63, 3.8) is 0 Å². The van der Waals surface area contributed by atoms with Gasteiger partial charge >= 0.3 is 0 Å². The lowest BCUT2D eigenvalue weighted by Crippen LogP contribution is -2.44. The summed E-state index contributed by atoms with van der Waals surface area (Å²) in [6, 6.07) is 15.3. The lowest BCUT2D eigenvalue weighted by molar-refractivity contribution is -0.137. The molecule has 7 heteroatoms. The molecule has 6 nitrogen and oxygen atoms in total. The summed E-state index contributed by atoms with van der Waals surface area (Å²) < 4.78 is 33.3. The molecule has 1 amide bonds. The van der Waals surface area contributed by atoms with Crippen molar-refractivity contribution in [1.82, 2.24) is 9.21 Å². The van der Waals surface area contributed by atoms with Gasteiger partial charge in [-0.2, -0.15) is 4.31 Å². The van der Waals surface area contributed by atoms with Crippen molar-refractivity contribution in [2.75, 3.05) is 26.2 Å². The maximum Gasteiger partial charge on any atom is 0.243 e. The highest BCUT2D eigenvalue weighted by molar-refractivity contribution is 7.89. The number of piperidine rings is 1. The summed E-state index contributed by atoms with van der Waals surface area (Å²) in [5.74, 6) is 1.23. The van der Waals surface area contributed by atoms with E-state index < -0.39 is 10.0 Å². The SMILES string of the molecule is CCOc1ccc([C@@H]2CCCN2C(=O)C2CCN(S(=O)(=O)c3ccc(C(C)C)cc3)CC2)cc1. The Balaban J connectivity index is 1.39. The van der Waals surface area contributed by atoms with Crippen molar-refractivity contribution >= 4 is 15.9 Å². The summed E-state index contributed by atoms with van der Waals surface area (Å²) in [6.07, 6.45) is 3.08. The van der Waals surface area contributed by atoms with E-state index in [2.05, 4.69) is 26.0 Å². The number of ether oxygens (including phenoxy) is 1. The number of nitrogens with zero attached hydrogens (tertiary/aromatic N) is 2. The molecule has 0 saturated carbocycles. The van der Waals surface area contributed by atoms with Gasteiger partial charge in [-0.15, -0.1) is 0 Å². The van der Waals surface area contributed by atoms with Crippen LogP contribution >= 0.6 is 0 Å². The summed E-state index contributed by atoms with van der Waals surface area (Å²) >= 11 is 0. The summed E-state index contributed by atoms with van der Waals surface area (Å²) in [7, 11) is -3.54. The van der Waals surface area contributed by atoms with Gasteiger partial charge in [0.15, 0.2) is 0 Å². The average molecular weight is 485 g/mol. The van der Waals surface area contributed by atoms with Gasteiger partial charge in [0.05, 0.1) is 17.5 Å². The quantitative estimate of drug-likeness (QED) is 0.556. The van der Waals surface area contributed by atoms with Crippen LogP contribution in [0.1, 0.15) is 69.5 Å². The van der Waals surface area contributed by atoms with Gasteiger partial charge in [0.25, 0.3) is 0 Å². The van der Waals surface area contributed by atoms with Crippen LogP contribution in [0.5, 0.6) is 5.75 Å². The molecule has 0 bridgehead atoms. The predicted octanol–water partition coefficient (Wildman–Crippen LogP) is 4.97. The van der Waals surface area contributed by atoms with Crippen LogP contribution in [0.25, 0.3) is 0 Å². The van der Waals surface area contributed by atoms with Gasteiger partial charge in [0.2, 0.25) is 15.9 Å². The lowest BCUT2D eigenvalue weighted by atomic mass is 9.95. The molecule has 0 aliphatic carbocycles. The Labute approximate surface area is 204 Å². The van der Waals surface area contributed by atoms with Gasteiger partial charge in [0.1, 0.15) is 5.75 Å². The average Bonchev–Trinajstić information content (AvgIpc) is 3.34. The zero-order chi connectivity index (χ0) is 24.3. The maximum atomic E-state index is 13.4. The standard InChI is InChI=1S/C27H36N2O4S/c1-4-33-24-11-7-22(8-12-24)26-6-5-17-29(26)27(30)23-15-18-28(19-16-23)34(31,32)25-13-9-21(10-14-25)20(2)3/h7-14,20,23,26H,4-6,15-19H2,1-3H3/t26-/m0/s1. The topological polar surface area (TPSA) is 66.9 Å². The summed E-state index contributed by atoms with van der Waals surface area (Å²) in [4.78, 5) is 15.8. The first kappa shape index (κ1) is 24.7. The molecule has 0 spiro atoms. The molecule has 2 fully saturated rings. The molecule has 2 aromatic rings. The molecule has 184 valence electrons. The molecule has 34 heavy (non-hydrogen) atoms. The third-order valence-corrected chi connectivity index (χ3v) is 9.01. The number of carbonyl (C=O) groups is 1. The normalized spacial score (nSPS) is 20.1. The summed E-state index contributed by atoms with van der Waals surface area (Å²) in [6.45, 7) is 8.30. The summed E-state index contributed by atoms with van der Waals surface area (Å²) in [5.41, 5.74) is 2.26. The van der Waals surface area contributed by atoms with Crippen LogP contribution < -0.4 is 4.74 Å². The molecular formula is C27H36N2O4S. The van der Waals surface area contributed by atoms with Crippen LogP contribution in [0.15, 0.2) is 53.4 Å². The molecule has 2 saturated heterocycles. The monoisotopic (exact) mass is 484 g/mol. The molecule has 0 aromatic heterocycles. The minimum Gasteiger partial charge on any atom is -0.494 e. The fraction of sp³-hybridized carbons (Fsp3) is 0.519. The van der Waals surface area contributed by atoms with E-state index >= 15 is 0 Å². The lowest BCUT2D eigenvalue weighted by Gasteiger charge is -2.34. The van der Waals surface area contributed by atoms with E-state index in [-0.39, 0.29) is 17.9 Å². The van der Waals surface area contributed by atoms with E-state index in [0.29, 0.717) is 43.4 Å². The number of carbonyl (C=O) groups excluding carboxylic acids is 1. The third kappa shape index (κ3) is 5.15. The van der Waals surface area contributed by atoms with Crippen molar-refractivity contribution in [1.29, 1.82) is 0 Å². The molecule has 0 N–H and O–H groups in total. The van der Waals surface area contributed by atoms with Crippen molar-refractivity contribution in [2.45, 2.75) is 63.3 Å². The first-order chi connectivity index (χ1) is 16.3. The van der Waals surface area contributed by atoms with Crippen LogP contribution in [0.4, 0.5) is 0 Å². The molecule has 0 radical (unpaired) electrons. The number of likely N-dealkylation sites (tertiary alicyclic amines) is 1. The molecule has 2 aromatic carbocycles. The zero-order valence-electron chi connectivity index (χ0n) is 20.4. The molecule has 2 heterocycles. The minimum absolute atomic E-state index is 0.0874. The van der Waals surface area contributed by atoms with Crippen molar-refractivity contribution in [2.24, 2.45) is 5.92 Å². The Kier molecular flexibility index (Phi) is 7.63. The van der Waals surface area contributed by atoms with Gasteiger partial charge in [-0.3, -0.25) is 4.79 Å². The van der Waals surface area contributed by atoms with Crippen LogP contribution in [0, 0.1) is 5.92 Å². The zero-order valence-corrected chi connectivity index (χ0v) is 21.3. The fourth-order valence-electron chi connectivity index (χ4n) is 5.08. The maximum absolute atomic E-state index is 13.4. The smallest absolute Gasteiger partial charge is 0.243 e. The van der Waals surface area contributed by atoms with E-state index in [4.69, 9.17) is 4.74 Å². The largest absolute Gasteiger partial charge is 0.494 e. The highest BCUT2D eigenvalue weighted by atomic mass is 32.2. The predicted molar refractivity (Wildman–Crippen MR) is 133 cm³/mol. The fourth-order valence-corrected chi connectivity index (χ4v) is 6.55. The molecule has 4 rings (SSSR count). The molecular weight excluding hydrogens is 448 g/mol. The van der Waals surface area contributed by atoms with Crippen LogP contribution in [-0.4, -0.2) is 49.8 Å². The molecule has 0 unspecified atom stereocenters. The van der Waals surface area contributed by atoms with Gasteiger partial charge in [0, 0.05) is 25.6 Å². The van der Waals surface area contributed by atoms with E-state index in [1.165, 1.54) is 4.31 Å².